The van der Waals surface area contributed by atoms with Crippen LogP contribution >= 0.6 is 0 Å². The molecule has 24 heteroatoms. The average Bonchev–Trinajstić information content (AvgIpc) is 3.26. The number of ether oxygens (including phenoxy) is 1. The van der Waals surface area contributed by atoms with E-state index in [2.05, 4.69) is 0 Å². The molecule has 0 unspecified atom stereocenters. The molecule has 0 aliphatic rings. The fraction of sp³-hybridized carbons (Fsp3) is 0.0526. The second-order valence-corrected chi connectivity index (χ2v) is 12.5. The number of halogens is 20. The van der Waals surface area contributed by atoms with E-state index in [1.165, 1.54) is 0 Å². The molecule has 0 amide bonds. The van der Waals surface area contributed by atoms with E-state index in [0.717, 1.165) is 0 Å². The first-order valence-corrected chi connectivity index (χ1v) is 16.3. The van der Waals surface area contributed by atoms with Crippen LogP contribution in [0.1, 0.15) is 10.4 Å². The second-order valence-electron chi connectivity index (χ2n) is 12.5. The number of ketones is 1. The Morgan fingerprint density at radius 1 is 0.419 bits per heavy atom. The summed E-state index contributed by atoms with van der Waals surface area (Å²) in [5, 5.41) is 0. The predicted molar refractivity (Wildman–Crippen MR) is 173 cm³/mol. The maximum Gasteiger partial charge on any atom is 0.227 e. The van der Waals surface area contributed by atoms with Crippen LogP contribution in [0.4, 0.5) is 87.8 Å². The lowest BCUT2D eigenvalue weighted by Crippen LogP contribution is -2.81. The Hall–Kier alpha value is -6.62. The lowest BCUT2D eigenvalue weighted by atomic mass is 9.12. The molecule has 1 aromatic heterocycles. The third-order valence-corrected chi connectivity index (χ3v) is 9.20. The van der Waals surface area contributed by atoms with Gasteiger partial charge in [0.1, 0.15) is 58.4 Å². The van der Waals surface area contributed by atoms with Gasteiger partial charge >= 0.3 is 0 Å². The maximum absolute atomic E-state index is 15.4. The summed E-state index contributed by atoms with van der Waals surface area (Å²) in [6.07, 6.45) is -3.47. The van der Waals surface area contributed by atoms with Gasteiger partial charge in [0, 0.05) is 17.7 Å². The van der Waals surface area contributed by atoms with Crippen molar-refractivity contribution in [2.24, 2.45) is 0 Å². The van der Waals surface area contributed by atoms with E-state index in [-0.39, 0.29) is 5.78 Å². The normalized spacial score (nSPS) is 11.4. The highest BCUT2D eigenvalue weighted by atomic mass is 19.2. The lowest BCUT2D eigenvalue weighted by Gasteiger charge is -2.44. The van der Waals surface area contributed by atoms with Crippen LogP contribution in [0, 0.1) is 116 Å². The van der Waals surface area contributed by atoms with Gasteiger partial charge in [0.25, 0.3) is 0 Å². The van der Waals surface area contributed by atoms with Gasteiger partial charge in [0.15, 0.2) is 82.2 Å². The van der Waals surface area contributed by atoms with Gasteiger partial charge < -0.3 is 4.74 Å². The maximum atomic E-state index is 15.4. The number of pyridine rings is 1. The molecule has 0 saturated carbocycles. The van der Waals surface area contributed by atoms with E-state index < -0.39 is 144 Å². The summed E-state index contributed by atoms with van der Waals surface area (Å²) in [6.45, 7) is 0.341. The summed E-state index contributed by atoms with van der Waals surface area (Å²) in [4.78, 5) is 12.0. The topological polar surface area (TPSA) is 30.2 Å². The van der Waals surface area contributed by atoms with E-state index in [1.807, 2.05) is 47.3 Å². The van der Waals surface area contributed by atoms with Crippen LogP contribution < -0.4 is 31.2 Å². The van der Waals surface area contributed by atoms with Gasteiger partial charge in [-0.25, -0.2) is 87.8 Å². The quantitative estimate of drug-likeness (QED) is 0.0392. The average molecular weight is 907 g/mol. The Labute approximate surface area is 331 Å². The van der Waals surface area contributed by atoms with Gasteiger partial charge in [-0.3, -0.25) is 4.79 Å². The number of hydrogen-bond donors (Lipinski definition) is 0. The zero-order valence-electron chi connectivity index (χ0n) is 29.8. The molecule has 0 fully saturated rings. The Bertz CT molecular complexity index is 2410. The van der Waals surface area contributed by atoms with Gasteiger partial charge in [-0.2, -0.15) is 4.57 Å². The van der Waals surface area contributed by atoms with Gasteiger partial charge in [-0.05, 0) is 12.1 Å². The highest BCUT2D eigenvalue weighted by Crippen LogP contribution is 2.30. The smallest absolute Gasteiger partial charge is 0.227 e. The van der Waals surface area contributed by atoms with Crippen LogP contribution in [-0.2, 0) is 6.54 Å². The second kappa shape index (κ2) is 17.4. The SMILES string of the molecule is COc1cccc(C(=O)C[n+]2ccccc2)c1.Fc1c(F)c(F)c([B-](c2c(F)c(F)c(F)c(F)c2F)(c2c(F)c(F)c(F)c(F)c2F)c2c(F)c(F)c(F)c(F)c2F)c(F)c1F. The molecule has 0 spiro atoms. The first-order valence-electron chi connectivity index (χ1n) is 16.3. The monoisotopic (exact) mass is 907 g/mol. The van der Waals surface area contributed by atoms with Crippen LogP contribution in [0.3, 0.4) is 0 Å². The highest BCUT2D eigenvalue weighted by Gasteiger charge is 2.52. The molecule has 5 aromatic carbocycles. The van der Waals surface area contributed by atoms with E-state index in [4.69, 9.17) is 4.74 Å². The Morgan fingerprint density at radius 2 is 0.694 bits per heavy atom. The molecule has 0 aliphatic carbocycles. The van der Waals surface area contributed by atoms with Crippen molar-refractivity contribution in [1.82, 2.24) is 0 Å². The van der Waals surface area contributed by atoms with Crippen molar-refractivity contribution in [2.45, 2.75) is 6.54 Å². The predicted octanol–water partition coefficient (Wildman–Crippen LogP) is 7.71. The molecule has 0 aliphatic heterocycles. The van der Waals surface area contributed by atoms with Crippen LogP contribution in [0.2, 0.25) is 0 Å². The first kappa shape index (κ1) is 46.5. The molecule has 3 nitrogen and oxygen atoms in total. The van der Waals surface area contributed by atoms with E-state index in [1.54, 1.807) is 19.2 Å². The first-order chi connectivity index (χ1) is 29.0. The molecular weight excluding hydrogens is 893 g/mol. The molecule has 1 heterocycles. The molecule has 326 valence electrons. The molecule has 6 aromatic rings. The number of Topliss-reactive ketones (excluding diaryl/α,β-unsaturated/α-hetero) is 1. The minimum Gasteiger partial charge on any atom is -0.497 e. The third kappa shape index (κ3) is 7.33. The summed E-state index contributed by atoms with van der Waals surface area (Å²) < 4.78 is 301. The molecule has 0 saturated heterocycles. The van der Waals surface area contributed by atoms with Gasteiger partial charge in [0.05, 0.1) is 7.11 Å². The van der Waals surface area contributed by atoms with Crippen molar-refractivity contribution in [3.8, 4) is 5.75 Å². The van der Waals surface area contributed by atoms with Gasteiger partial charge in [0.2, 0.25) is 12.3 Å². The number of aromatic nitrogens is 1. The number of hydrogen-bond acceptors (Lipinski definition) is 2. The van der Waals surface area contributed by atoms with E-state index in [9.17, 15) is 57.5 Å². The lowest BCUT2D eigenvalue weighted by molar-refractivity contribution is -0.683. The number of nitrogens with zero attached hydrogens (tertiary/aromatic N) is 1. The molecule has 6 rings (SSSR count). The molecule has 0 bridgehead atoms. The molecular formula is C38H14BF20NO2. The van der Waals surface area contributed by atoms with Crippen molar-refractivity contribution in [3.63, 3.8) is 0 Å². The van der Waals surface area contributed by atoms with Crippen molar-refractivity contribution >= 4 is 33.8 Å². The molecule has 0 atom stereocenters. The Morgan fingerprint density at radius 3 is 0.968 bits per heavy atom. The number of carbonyl (C=O) groups excluding carboxylic acids is 1. The van der Waals surface area contributed by atoms with Crippen molar-refractivity contribution in [1.29, 1.82) is 0 Å². The number of methoxy groups -OCH3 is 1. The summed E-state index contributed by atoms with van der Waals surface area (Å²) in [7, 11) is 1.59. The minimum atomic E-state index is -7.22. The van der Waals surface area contributed by atoms with Crippen molar-refractivity contribution in [3.05, 3.63) is 177 Å². The fourth-order valence-electron chi connectivity index (χ4n) is 6.47. The largest absolute Gasteiger partial charge is 0.497 e. The van der Waals surface area contributed by atoms with Crippen LogP contribution in [0.15, 0.2) is 54.9 Å². The third-order valence-electron chi connectivity index (χ3n) is 9.20. The summed E-state index contributed by atoms with van der Waals surface area (Å²) in [6, 6.07) is 12.9. The van der Waals surface area contributed by atoms with E-state index in [0.29, 0.717) is 17.9 Å². The highest BCUT2D eigenvalue weighted by molar-refractivity contribution is 7.20. The molecule has 62 heavy (non-hydrogen) atoms. The van der Waals surface area contributed by atoms with Crippen LogP contribution in [0.5, 0.6) is 5.75 Å². The van der Waals surface area contributed by atoms with E-state index >= 15 is 35.1 Å². The summed E-state index contributed by atoms with van der Waals surface area (Å²) in [5.41, 5.74) is -13.7. The molecule has 0 N–H and O–H groups in total. The van der Waals surface area contributed by atoms with Gasteiger partial charge in [-0.1, -0.05) is 18.2 Å². The summed E-state index contributed by atoms with van der Waals surface area (Å²) in [5.74, 6) is -70.6. The number of carbonyl (C=O) groups is 1. The van der Waals surface area contributed by atoms with Crippen molar-refractivity contribution in [2.75, 3.05) is 7.11 Å². The Balaban J connectivity index is 0.000000355. The molecule has 0 radical (unpaired) electrons. The summed E-state index contributed by atoms with van der Waals surface area (Å²) >= 11 is 0. The number of rotatable bonds is 8. The van der Waals surface area contributed by atoms with Crippen LogP contribution in [0.25, 0.3) is 0 Å². The van der Waals surface area contributed by atoms with Crippen molar-refractivity contribution < 1.29 is 102 Å². The zero-order valence-corrected chi connectivity index (χ0v) is 29.8. The Kier molecular flexibility index (Phi) is 13.0. The van der Waals surface area contributed by atoms with Gasteiger partial charge in [-0.15, -0.1) is 21.9 Å². The minimum absolute atomic E-state index is 0.0695. The fourth-order valence-corrected chi connectivity index (χ4v) is 6.47. The standard InChI is InChI=1S/C24BF20.C14H14NO2/c26-5-1(6(27)14(35)21(42)13(5)34)25(2-7(28)15(36)22(43)16(37)8(2)29,3-9(30)17(38)23(44)18(39)10(3)31)4-11(32)19(40)24(45)20(41)12(4)33;1-17-13-7-5-6-12(10-13)14(16)11-15-8-3-2-4-9-15/h;2-10H,11H2,1H3/q-1;+1. The number of benzene rings is 5. The zero-order chi connectivity index (χ0) is 46.4. The van der Waals surface area contributed by atoms with Crippen LogP contribution in [-0.4, -0.2) is 19.0 Å².